The molecule has 21 heavy (non-hydrogen) atoms. The third kappa shape index (κ3) is 4.56. The lowest BCUT2D eigenvalue weighted by atomic mass is 10.4. The zero-order valence-electron chi connectivity index (χ0n) is 12.2. The van der Waals surface area contributed by atoms with Gasteiger partial charge in [0.05, 0.1) is 4.92 Å². The second-order valence-corrected chi connectivity index (χ2v) is 8.59. The molecule has 1 aromatic heterocycles. The van der Waals surface area contributed by atoms with Crippen LogP contribution in [0.25, 0.3) is 0 Å². The minimum atomic E-state index is -3.68. The highest BCUT2D eigenvalue weighted by molar-refractivity contribution is 7.98. The fraction of sp³-hybridized carbons (Fsp3) is 0.636. The Bertz CT molecular complexity index is 586. The first-order chi connectivity index (χ1) is 9.84. The van der Waals surface area contributed by atoms with Crippen molar-refractivity contribution in [3.8, 4) is 0 Å². The van der Waals surface area contributed by atoms with Crippen LogP contribution in [0, 0.1) is 10.1 Å². The quantitative estimate of drug-likeness (QED) is 0.541. The molecule has 0 saturated carbocycles. The molecule has 0 atom stereocenters. The van der Waals surface area contributed by atoms with Gasteiger partial charge in [0, 0.05) is 32.0 Å². The zero-order valence-corrected chi connectivity index (χ0v) is 14.6. The number of thiophene rings is 1. The van der Waals surface area contributed by atoms with Crippen LogP contribution >= 0.6 is 23.1 Å². The molecule has 0 aliphatic carbocycles. The first kappa shape index (κ1) is 18.2. The molecule has 10 heteroatoms. The van der Waals surface area contributed by atoms with Crippen molar-refractivity contribution in [2.75, 3.05) is 37.5 Å². The number of nitrogens with one attached hydrogen (secondary N) is 1. The summed E-state index contributed by atoms with van der Waals surface area (Å²) in [6, 6.07) is 1.13. The number of nitro groups is 1. The second kappa shape index (κ2) is 7.97. The highest BCUT2D eigenvalue weighted by atomic mass is 32.2. The number of hydrogen-bond donors (Lipinski definition) is 1. The maximum Gasteiger partial charge on any atom is 0.304 e. The number of sulfonamides is 1. The van der Waals surface area contributed by atoms with Gasteiger partial charge in [-0.2, -0.15) is 16.1 Å². The van der Waals surface area contributed by atoms with E-state index in [9.17, 15) is 18.5 Å². The summed E-state index contributed by atoms with van der Waals surface area (Å²) in [7, 11) is -2.19. The smallest absolute Gasteiger partial charge is 0.304 e. The number of nitrogens with zero attached hydrogens (tertiary/aromatic N) is 2. The molecule has 120 valence electrons. The van der Waals surface area contributed by atoms with Crippen LogP contribution in [0.1, 0.15) is 13.3 Å². The summed E-state index contributed by atoms with van der Waals surface area (Å²) in [4.78, 5) is 10.5. The second-order valence-electron chi connectivity index (χ2n) is 4.28. The molecular formula is C11H19N3O4S3. The van der Waals surface area contributed by atoms with Crippen molar-refractivity contribution in [2.45, 2.75) is 17.6 Å². The van der Waals surface area contributed by atoms with E-state index in [1.54, 1.807) is 11.8 Å². The molecule has 0 spiro atoms. The van der Waals surface area contributed by atoms with Gasteiger partial charge in [0.15, 0.2) is 5.00 Å². The lowest BCUT2D eigenvalue weighted by molar-refractivity contribution is -0.383. The Morgan fingerprint density at radius 2 is 2.19 bits per heavy atom. The van der Waals surface area contributed by atoms with Gasteiger partial charge < -0.3 is 5.32 Å². The van der Waals surface area contributed by atoms with E-state index in [1.807, 2.05) is 13.2 Å². The summed E-state index contributed by atoms with van der Waals surface area (Å²) in [5, 5.41) is 14.2. The predicted molar refractivity (Wildman–Crippen MR) is 88.0 cm³/mol. The van der Waals surface area contributed by atoms with Gasteiger partial charge in [0.25, 0.3) is 10.0 Å². The van der Waals surface area contributed by atoms with Crippen molar-refractivity contribution >= 4 is 43.8 Å². The van der Waals surface area contributed by atoms with E-state index in [0.717, 1.165) is 23.8 Å². The van der Waals surface area contributed by atoms with E-state index in [0.29, 0.717) is 23.8 Å². The van der Waals surface area contributed by atoms with Crippen LogP contribution in [-0.2, 0) is 10.0 Å². The largest absolute Gasteiger partial charge is 0.371 e. The van der Waals surface area contributed by atoms with Crippen LogP contribution in [-0.4, -0.2) is 49.8 Å². The van der Waals surface area contributed by atoms with Gasteiger partial charge in [0.1, 0.15) is 4.21 Å². The van der Waals surface area contributed by atoms with Crippen molar-refractivity contribution in [2.24, 2.45) is 0 Å². The molecule has 0 aromatic carbocycles. The number of hydrogen-bond acceptors (Lipinski definition) is 7. The Morgan fingerprint density at radius 1 is 1.52 bits per heavy atom. The van der Waals surface area contributed by atoms with Crippen molar-refractivity contribution < 1.29 is 13.3 Å². The summed E-state index contributed by atoms with van der Waals surface area (Å²) < 4.78 is 26.0. The molecule has 1 rings (SSSR count). The third-order valence-electron chi connectivity index (χ3n) is 2.70. The van der Waals surface area contributed by atoms with E-state index in [-0.39, 0.29) is 9.90 Å². The van der Waals surface area contributed by atoms with Crippen LogP contribution in [0.5, 0.6) is 0 Å². The molecule has 0 saturated heterocycles. The molecule has 0 radical (unpaired) electrons. The zero-order chi connectivity index (χ0) is 16.0. The van der Waals surface area contributed by atoms with Gasteiger partial charge in [-0.05, 0) is 12.7 Å². The number of anilines is 1. The standard InChI is InChI=1S/C11H19N3O4S3/c1-4-5-12-11-9(14(15)16)8-10(20-11)21(17,18)13(2)6-7-19-3/h8,12H,4-7H2,1-3H3. The van der Waals surface area contributed by atoms with Crippen molar-refractivity contribution in [1.82, 2.24) is 4.31 Å². The monoisotopic (exact) mass is 353 g/mol. The molecule has 1 aromatic rings. The van der Waals surface area contributed by atoms with E-state index in [4.69, 9.17) is 0 Å². The van der Waals surface area contributed by atoms with Gasteiger partial charge in [-0.15, -0.1) is 0 Å². The van der Waals surface area contributed by atoms with Crippen molar-refractivity contribution in [3.63, 3.8) is 0 Å². The average molecular weight is 353 g/mol. The fourth-order valence-electron chi connectivity index (χ4n) is 1.48. The average Bonchev–Trinajstić information content (AvgIpc) is 2.87. The molecule has 0 aliphatic heterocycles. The highest BCUT2D eigenvalue weighted by Crippen LogP contribution is 2.37. The Morgan fingerprint density at radius 3 is 2.71 bits per heavy atom. The topological polar surface area (TPSA) is 92.6 Å². The van der Waals surface area contributed by atoms with Crippen LogP contribution in [0.2, 0.25) is 0 Å². The van der Waals surface area contributed by atoms with Gasteiger partial charge >= 0.3 is 5.69 Å². The van der Waals surface area contributed by atoms with Crippen LogP contribution < -0.4 is 5.32 Å². The Hall–Kier alpha value is -0.840. The van der Waals surface area contributed by atoms with E-state index >= 15 is 0 Å². The lowest BCUT2D eigenvalue weighted by Gasteiger charge is -2.14. The molecule has 0 unspecified atom stereocenters. The first-order valence-electron chi connectivity index (χ1n) is 6.32. The summed E-state index contributed by atoms with van der Waals surface area (Å²) in [6.45, 7) is 2.86. The SMILES string of the molecule is CCCNc1sc(S(=O)(=O)N(C)CCSC)cc1[N+](=O)[O-]. The van der Waals surface area contributed by atoms with Crippen LogP contribution in [0.4, 0.5) is 10.7 Å². The number of thioether (sulfide) groups is 1. The Labute approximate surface area is 132 Å². The van der Waals surface area contributed by atoms with Gasteiger partial charge in [-0.1, -0.05) is 18.3 Å². The van der Waals surface area contributed by atoms with Crippen molar-refractivity contribution in [1.29, 1.82) is 0 Å². The summed E-state index contributed by atoms with van der Waals surface area (Å²) >= 11 is 2.45. The van der Waals surface area contributed by atoms with E-state index in [2.05, 4.69) is 5.32 Å². The molecule has 0 fully saturated rings. The summed E-state index contributed by atoms with van der Waals surface area (Å²) in [5.74, 6) is 0.671. The van der Waals surface area contributed by atoms with Crippen LogP contribution in [0.15, 0.2) is 10.3 Å². The number of rotatable bonds is 9. The molecule has 0 aliphatic rings. The minimum Gasteiger partial charge on any atom is -0.371 e. The maximum atomic E-state index is 12.4. The molecule has 0 amide bonds. The molecule has 1 N–H and O–H groups in total. The molecule has 7 nitrogen and oxygen atoms in total. The highest BCUT2D eigenvalue weighted by Gasteiger charge is 2.28. The van der Waals surface area contributed by atoms with Gasteiger partial charge in [-0.3, -0.25) is 10.1 Å². The summed E-state index contributed by atoms with van der Waals surface area (Å²) in [6.07, 6.45) is 2.69. The maximum absolute atomic E-state index is 12.4. The lowest BCUT2D eigenvalue weighted by Crippen LogP contribution is -2.28. The molecule has 1 heterocycles. The summed E-state index contributed by atoms with van der Waals surface area (Å²) in [5.41, 5.74) is -0.190. The van der Waals surface area contributed by atoms with Crippen molar-refractivity contribution in [3.05, 3.63) is 16.2 Å². The molecule has 0 bridgehead atoms. The van der Waals surface area contributed by atoms with E-state index in [1.165, 1.54) is 11.4 Å². The first-order valence-corrected chi connectivity index (χ1v) is 9.97. The fourth-order valence-corrected chi connectivity index (χ4v) is 4.79. The predicted octanol–water partition coefficient (Wildman–Crippen LogP) is 2.46. The Kier molecular flexibility index (Phi) is 6.91. The Balaban J connectivity index is 3.09. The van der Waals surface area contributed by atoms with Gasteiger partial charge in [-0.25, -0.2) is 8.42 Å². The third-order valence-corrected chi connectivity index (χ3v) is 6.68. The minimum absolute atomic E-state index is 0.00333. The van der Waals surface area contributed by atoms with Gasteiger partial charge in [0.2, 0.25) is 0 Å². The van der Waals surface area contributed by atoms with Crippen LogP contribution in [0.3, 0.4) is 0 Å². The normalized spacial score (nSPS) is 11.8. The van der Waals surface area contributed by atoms with E-state index < -0.39 is 14.9 Å². The molecular weight excluding hydrogens is 334 g/mol.